The van der Waals surface area contributed by atoms with E-state index in [0.717, 1.165) is 26.8 Å². The highest BCUT2D eigenvalue weighted by molar-refractivity contribution is 9.10. The molecule has 3 rings (SSSR count). The molecule has 90 valence electrons. The second-order valence-corrected chi connectivity index (χ2v) is 5.02. The van der Waals surface area contributed by atoms with Gasteiger partial charge in [0.25, 0.3) is 0 Å². The number of hydrogen-bond acceptors (Lipinski definition) is 2. The lowest BCUT2D eigenvalue weighted by molar-refractivity contribution is 0.823. The van der Waals surface area contributed by atoms with E-state index in [2.05, 4.69) is 31.5 Å². The highest BCUT2D eigenvalue weighted by Gasteiger charge is 2.07. The number of imidazole rings is 1. The maximum atomic E-state index is 6.02. The van der Waals surface area contributed by atoms with Crippen molar-refractivity contribution in [1.82, 2.24) is 9.55 Å². The van der Waals surface area contributed by atoms with E-state index in [1.807, 2.05) is 42.7 Å². The number of fused-ring (bicyclic) bond motifs is 1. The highest BCUT2D eigenvalue weighted by Crippen LogP contribution is 2.24. The molecule has 0 amide bonds. The smallest absolute Gasteiger partial charge is 0.0961 e. The molecule has 2 N–H and O–H groups in total. The third-order valence-electron chi connectivity index (χ3n) is 3.01. The van der Waals surface area contributed by atoms with Crippen LogP contribution in [0.25, 0.3) is 11.0 Å². The number of halogens is 1. The fraction of sp³-hybridized carbons (Fsp3) is 0.0714. The topological polar surface area (TPSA) is 43.8 Å². The SMILES string of the molecule is Nc1cccc(Br)c1Cn1cnc2ccccc21. The van der Waals surface area contributed by atoms with Crippen LogP contribution in [0.1, 0.15) is 5.56 Å². The van der Waals surface area contributed by atoms with Gasteiger partial charge in [0, 0.05) is 15.7 Å². The summed E-state index contributed by atoms with van der Waals surface area (Å²) in [6, 6.07) is 13.9. The number of nitrogens with two attached hydrogens (primary N) is 1. The molecule has 0 aliphatic rings. The molecule has 3 nitrogen and oxygen atoms in total. The van der Waals surface area contributed by atoms with Gasteiger partial charge in [-0.1, -0.05) is 34.1 Å². The van der Waals surface area contributed by atoms with E-state index < -0.39 is 0 Å². The van der Waals surface area contributed by atoms with Crippen LogP contribution in [0.4, 0.5) is 5.69 Å². The Morgan fingerprint density at radius 2 is 1.94 bits per heavy atom. The molecule has 0 aliphatic heterocycles. The average molecular weight is 302 g/mol. The average Bonchev–Trinajstić information content (AvgIpc) is 2.77. The summed E-state index contributed by atoms with van der Waals surface area (Å²) in [5.41, 5.74) is 10.0. The fourth-order valence-electron chi connectivity index (χ4n) is 2.05. The Hall–Kier alpha value is -1.81. The quantitative estimate of drug-likeness (QED) is 0.737. The Kier molecular flexibility index (Phi) is 2.80. The Labute approximate surface area is 113 Å². The number of rotatable bonds is 2. The Bertz CT molecular complexity index is 683. The summed E-state index contributed by atoms with van der Waals surface area (Å²) in [5.74, 6) is 0. The normalized spacial score (nSPS) is 10.9. The Morgan fingerprint density at radius 3 is 2.78 bits per heavy atom. The van der Waals surface area contributed by atoms with Crippen LogP contribution >= 0.6 is 15.9 Å². The lowest BCUT2D eigenvalue weighted by Crippen LogP contribution is -2.02. The van der Waals surface area contributed by atoms with Crippen molar-refractivity contribution >= 4 is 32.7 Å². The predicted molar refractivity (Wildman–Crippen MR) is 77.4 cm³/mol. The van der Waals surface area contributed by atoms with Gasteiger partial charge in [0.2, 0.25) is 0 Å². The summed E-state index contributed by atoms with van der Waals surface area (Å²) in [4.78, 5) is 4.38. The summed E-state index contributed by atoms with van der Waals surface area (Å²) in [6.45, 7) is 0.716. The van der Waals surface area contributed by atoms with Gasteiger partial charge in [0.05, 0.1) is 23.9 Å². The molecule has 0 saturated heterocycles. The van der Waals surface area contributed by atoms with Gasteiger partial charge < -0.3 is 10.3 Å². The maximum Gasteiger partial charge on any atom is 0.0961 e. The van der Waals surface area contributed by atoms with Crippen molar-refractivity contribution < 1.29 is 0 Å². The predicted octanol–water partition coefficient (Wildman–Crippen LogP) is 3.43. The zero-order valence-electron chi connectivity index (χ0n) is 9.68. The van der Waals surface area contributed by atoms with Crippen LogP contribution in [-0.4, -0.2) is 9.55 Å². The van der Waals surface area contributed by atoms with Crippen molar-refractivity contribution in [2.24, 2.45) is 0 Å². The van der Waals surface area contributed by atoms with Gasteiger partial charge >= 0.3 is 0 Å². The van der Waals surface area contributed by atoms with Crippen LogP contribution in [0, 0.1) is 0 Å². The minimum Gasteiger partial charge on any atom is -0.398 e. The molecule has 0 bridgehead atoms. The van der Waals surface area contributed by atoms with Crippen LogP contribution in [0.3, 0.4) is 0 Å². The van der Waals surface area contributed by atoms with E-state index >= 15 is 0 Å². The lowest BCUT2D eigenvalue weighted by Gasteiger charge is -2.09. The second kappa shape index (κ2) is 4.46. The molecular weight excluding hydrogens is 290 g/mol. The van der Waals surface area contributed by atoms with Crippen molar-refractivity contribution in [3.8, 4) is 0 Å². The molecular formula is C14H12BrN3. The van der Waals surface area contributed by atoms with E-state index in [1.54, 1.807) is 0 Å². The van der Waals surface area contributed by atoms with Crippen molar-refractivity contribution in [2.45, 2.75) is 6.54 Å². The third kappa shape index (κ3) is 1.88. The van der Waals surface area contributed by atoms with Crippen molar-refractivity contribution in [2.75, 3.05) is 5.73 Å². The standard InChI is InChI=1S/C14H12BrN3/c15-11-4-3-5-12(16)10(11)8-18-9-17-13-6-1-2-7-14(13)18/h1-7,9H,8,16H2. The number of nitrogen functional groups attached to an aromatic ring is 1. The van der Waals surface area contributed by atoms with Crippen LogP contribution < -0.4 is 5.73 Å². The van der Waals surface area contributed by atoms with Crippen molar-refractivity contribution in [3.63, 3.8) is 0 Å². The number of hydrogen-bond donors (Lipinski definition) is 1. The van der Waals surface area contributed by atoms with Gasteiger partial charge in [-0.25, -0.2) is 4.98 Å². The molecule has 0 spiro atoms. The third-order valence-corrected chi connectivity index (χ3v) is 3.75. The van der Waals surface area contributed by atoms with Crippen LogP contribution in [0.5, 0.6) is 0 Å². The number of benzene rings is 2. The van der Waals surface area contributed by atoms with Crippen LogP contribution in [0.2, 0.25) is 0 Å². The summed E-state index contributed by atoms with van der Waals surface area (Å²) < 4.78 is 3.13. The molecule has 18 heavy (non-hydrogen) atoms. The number of anilines is 1. The minimum atomic E-state index is 0.716. The van der Waals surface area contributed by atoms with Crippen molar-refractivity contribution in [1.29, 1.82) is 0 Å². The van der Waals surface area contributed by atoms with E-state index in [-0.39, 0.29) is 0 Å². The fourth-order valence-corrected chi connectivity index (χ4v) is 2.56. The molecule has 0 fully saturated rings. The zero-order valence-corrected chi connectivity index (χ0v) is 11.3. The summed E-state index contributed by atoms with van der Waals surface area (Å²) in [6.07, 6.45) is 1.85. The van der Waals surface area contributed by atoms with Crippen LogP contribution in [0.15, 0.2) is 53.3 Å². The van der Waals surface area contributed by atoms with E-state index in [1.165, 1.54) is 0 Å². The molecule has 2 aromatic carbocycles. The molecule has 0 radical (unpaired) electrons. The van der Waals surface area contributed by atoms with Gasteiger partial charge in [0.1, 0.15) is 0 Å². The van der Waals surface area contributed by atoms with Gasteiger partial charge in [0.15, 0.2) is 0 Å². The van der Waals surface area contributed by atoms with Crippen molar-refractivity contribution in [3.05, 3.63) is 58.8 Å². The van der Waals surface area contributed by atoms with E-state index in [4.69, 9.17) is 5.73 Å². The second-order valence-electron chi connectivity index (χ2n) is 4.17. The highest BCUT2D eigenvalue weighted by atomic mass is 79.9. The van der Waals surface area contributed by atoms with E-state index in [0.29, 0.717) is 6.54 Å². The number of aromatic nitrogens is 2. The summed E-state index contributed by atoms with van der Waals surface area (Å²) >= 11 is 3.54. The number of para-hydroxylation sites is 2. The molecule has 4 heteroatoms. The first-order chi connectivity index (χ1) is 8.75. The van der Waals surface area contributed by atoms with Gasteiger partial charge in [-0.2, -0.15) is 0 Å². The molecule has 3 aromatic rings. The molecule has 0 aliphatic carbocycles. The zero-order chi connectivity index (χ0) is 12.5. The number of nitrogens with zero attached hydrogens (tertiary/aromatic N) is 2. The first kappa shape index (κ1) is 11.3. The van der Waals surface area contributed by atoms with Gasteiger partial charge in [-0.3, -0.25) is 0 Å². The first-order valence-corrected chi connectivity index (χ1v) is 6.48. The molecule has 1 heterocycles. The summed E-state index contributed by atoms with van der Waals surface area (Å²) in [7, 11) is 0. The summed E-state index contributed by atoms with van der Waals surface area (Å²) in [5, 5.41) is 0. The molecule has 0 unspecified atom stereocenters. The Balaban J connectivity index is 2.07. The lowest BCUT2D eigenvalue weighted by atomic mass is 10.2. The molecule has 0 saturated carbocycles. The monoisotopic (exact) mass is 301 g/mol. The van der Waals surface area contributed by atoms with E-state index in [9.17, 15) is 0 Å². The largest absolute Gasteiger partial charge is 0.398 e. The van der Waals surface area contributed by atoms with Crippen LogP contribution in [-0.2, 0) is 6.54 Å². The molecule has 0 atom stereocenters. The maximum absolute atomic E-state index is 6.02. The Morgan fingerprint density at radius 1 is 1.11 bits per heavy atom. The molecule has 1 aromatic heterocycles. The van der Waals surface area contributed by atoms with Gasteiger partial charge in [-0.05, 0) is 24.3 Å². The minimum absolute atomic E-state index is 0.716. The first-order valence-electron chi connectivity index (χ1n) is 5.68. The van der Waals surface area contributed by atoms with Gasteiger partial charge in [-0.15, -0.1) is 0 Å².